The van der Waals surface area contributed by atoms with Gasteiger partial charge in [0.25, 0.3) is 0 Å². The lowest BCUT2D eigenvalue weighted by Gasteiger charge is -2.18. The summed E-state index contributed by atoms with van der Waals surface area (Å²) in [5.41, 5.74) is 0. The Bertz CT molecular complexity index is 1470. The maximum Gasteiger partial charge on any atom is 0.306 e. The van der Waals surface area contributed by atoms with Gasteiger partial charge in [-0.05, 0) is 96.3 Å². The molecule has 0 heterocycles. The highest BCUT2D eigenvalue weighted by atomic mass is 16.6. The zero-order valence-corrected chi connectivity index (χ0v) is 51.0. The van der Waals surface area contributed by atoms with Crippen molar-refractivity contribution >= 4 is 17.9 Å². The molecule has 1 unspecified atom stereocenters. The molecule has 0 spiro atoms. The van der Waals surface area contributed by atoms with Crippen LogP contribution < -0.4 is 0 Å². The number of rotatable bonds is 60. The minimum absolute atomic E-state index is 0.0867. The molecule has 0 rings (SSSR count). The van der Waals surface area contributed by atoms with Gasteiger partial charge in [0.15, 0.2) is 6.10 Å². The monoisotopic (exact) mass is 1070 g/mol. The summed E-state index contributed by atoms with van der Waals surface area (Å²) in [6.45, 7) is 6.52. The molecule has 0 radical (unpaired) electrons. The minimum atomic E-state index is -0.791. The van der Waals surface area contributed by atoms with Crippen molar-refractivity contribution in [2.45, 2.75) is 335 Å². The molecular weight excluding hydrogens is 949 g/mol. The van der Waals surface area contributed by atoms with E-state index in [9.17, 15) is 14.4 Å². The van der Waals surface area contributed by atoms with Crippen LogP contribution in [0.1, 0.15) is 329 Å². The molecule has 1 atom stereocenters. The molecule has 0 N–H and O–H groups in total. The summed E-state index contributed by atoms with van der Waals surface area (Å²) in [4.78, 5) is 38.3. The summed E-state index contributed by atoms with van der Waals surface area (Å²) in [6, 6.07) is 0. The molecule has 0 aromatic rings. The highest BCUT2D eigenvalue weighted by molar-refractivity contribution is 5.71. The molecule has 0 bridgehead atoms. The number of esters is 3. The molecule has 0 aliphatic heterocycles. The molecule has 0 amide bonds. The summed E-state index contributed by atoms with van der Waals surface area (Å²) in [5, 5.41) is 0. The second kappa shape index (κ2) is 65.1. The largest absolute Gasteiger partial charge is 0.462 e. The average molecular weight is 1070 g/mol. The van der Waals surface area contributed by atoms with Gasteiger partial charge in [0.2, 0.25) is 0 Å². The van der Waals surface area contributed by atoms with E-state index in [0.717, 1.165) is 116 Å². The first kappa shape index (κ1) is 73.6. The van der Waals surface area contributed by atoms with E-state index < -0.39 is 6.10 Å². The van der Waals surface area contributed by atoms with Crippen LogP contribution in [0.3, 0.4) is 0 Å². The molecule has 6 heteroatoms. The Hall–Kier alpha value is -3.41. The number of unbranched alkanes of at least 4 members (excludes halogenated alkanes) is 35. The van der Waals surface area contributed by atoms with Gasteiger partial charge in [-0.15, -0.1) is 0 Å². The van der Waals surface area contributed by atoms with Crippen molar-refractivity contribution in [1.82, 2.24) is 0 Å². The van der Waals surface area contributed by atoms with Crippen LogP contribution in [-0.4, -0.2) is 37.2 Å². The lowest BCUT2D eigenvalue weighted by Crippen LogP contribution is -2.30. The molecule has 0 aliphatic rings. The van der Waals surface area contributed by atoms with E-state index >= 15 is 0 Å². The van der Waals surface area contributed by atoms with Crippen molar-refractivity contribution in [2.75, 3.05) is 13.2 Å². The molecule has 444 valence electrons. The number of allylic oxidation sites excluding steroid dienone is 14. The quantitative estimate of drug-likeness (QED) is 0.0261. The molecule has 0 aromatic heterocycles. The summed E-state index contributed by atoms with van der Waals surface area (Å²) < 4.78 is 16.9. The maximum atomic E-state index is 12.9. The van der Waals surface area contributed by atoms with Crippen molar-refractivity contribution < 1.29 is 28.6 Å². The summed E-state index contributed by atoms with van der Waals surface area (Å²) >= 11 is 0. The zero-order valence-electron chi connectivity index (χ0n) is 51.0. The van der Waals surface area contributed by atoms with E-state index in [1.165, 1.54) is 173 Å². The van der Waals surface area contributed by atoms with Crippen LogP contribution in [0.2, 0.25) is 0 Å². The first-order valence-corrected chi connectivity index (χ1v) is 33.1. The van der Waals surface area contributed by atoms with Crippen LogP contribution in [0.15, 0.2) is 85.1 Å². The molecule has 0 saturated carbocycles. The first-order chi connectivity index (χ1) is 38.0. The number of carbonyl (C=O) groups excluding carboxylic acids is 3. The molecule has 0 fully saturated rings. The third kappa shape index (κ3) is 63.3. The summed E-state index contributed by atoms with van der Waals surface area (Å²) in [7, 11) is 0. The molecule has 0 aromatic carbocycles. The summed E-state index contributed by atoms with van der Waals surface area (Å²) in [5.74, 6) is -0.905. The van der Waals surface area contributed by atoms with E-state index in [-0.39, 0.29) is 31.1 Å². The van der Waals surface area contributed by atoms with Gasteiger partial charge in [0, 0.05) is 19.3 Å². The van der Waals surface area contributed by atoms with Gasteiger partial charge in [-0.2, -0.15) is 0 Å². The SMILES string of the molecule is CC/C=C\C/C=C\C/C=C\C/C=C\C/C=C\C/C=C\CCCCCCC(=O)OCC(COC(=O)CCCCCCC/C=C\CCCCCC)OC(=O)CCCCCCCCCCCCCCCCCCCCCCCCC. The fourth-order valence-corrected chi connectivity index (χ4v) is 9.44. The van der Waals surface area contributed by atoms with Crippen molar-refractivity contribution in [3.8, 4) is 0 Å². The van der Waals surface area contributed by atoms with E-state index in [4.69, 9.17) is 14.2 Å². The Morgan fingerprint density at radius 2 is 0.506 bits per heavy atom. The minimum Gasteiger partial charge on any atom is -0.462 e. The standard InChI is InChI=1S/C71H124O6/c1-4-7-10-13-16-19-22-25-27-29-31-33-35-37-39-41-43-46-49-52-55-58-61-64-70(73)76-67-68(66-75-69(72)63-60-57-54-51-48-45-24-21-18-15-12-9-6-3)77-71(74)65-62-59-56-53-50-47-44-42-40-38-36-34-32-30-28-26-23-20-17-14-11-8-5-2/h7,10,16,19,21,24-25,27,31,33,37,39,43,46,68H,4-6,8-9,11-15,17-18,20,22-23,26,28-30,32,34-36,38,40-42,44-45,47-67H2,1-3H3/b10-7-,19-16-,24-21-,27-25-,33-31-,39-37-,46-43-. The maximum absolute atomic E-state index is 12.9. The van der Waals surface area contributed by atoms with E-state index in [2.05, 4.69) is 106 Å². The summed E-state index contributed by atoms with van der Waals surface area (Å²) in [6.07, 6.45) is 86.0. The normalized spacial score (nSPS) is 12.6. The number of ether oxygens (including phenoxy) is 3. The molecule has 0 saturated heterocycles. The van der Waals surface area contributed by atoms with Crippen LogP contribution in [-0.2, 0) is 28.6 Å². The van der Waals surface area contributed by atoms with Gasteiger partial charge in [0.1, 0.15) is 13.2 Å². The van der Waals surface area contributed by atoms with E-state index in [0.29, 0.717) is 19.3 Å². The van der Waals surface area contributed by atoms with Crippen molar-refractivity contribution in [3.05, 3.63) is 85.1 Å². The van der Waals surface area contributed by atoms with E-state index in [1.54, 1.807) is 0 Å². The van der Waals surface area contributed by atoms with Crippen LogP contribution in [0.5, 0.6) is 0 Å². The number of carbonyl (C=O) groups is 3. The second-order valence-electron chi connectivity index (χ2n) is 22.0. The Kier molecular flexibility index (Phi) is 62.2. The van der Waals surface area contributed by atoms with Crippen LogP contribution in [0, 0.1) is 0 Å². The zero-order chi connectivity index (χ0) is 55.7. The van der Waals surface area contributed by atoms with Crippen molar-refractivity contribution in [1.29, 1.82) is 0 Å². The highest BCUT2D eigenvalue weighted by Crippen LogP contribution is 2.17. The third-order valence-electron chi connectivity index (χ3n) is 14.4. The fraction of sp³-hybridized carbons (Fsp3) is 0.761. The topological polar surface area (TPSA) is 78.9 Å². The molecule has 0 aliphatic carbocycles. The van der Waals surface area contributed by atoms with Gasteiger partial charge in [-0.25, -0.2) is 0 Å². The first-order valence-electron chi connectivity index (χ1n) is 33.1. The van der Waals surface area contributed by atoms with Gasteiger partial charge in [-0.1, -0.05) is 298 Å². The molecule has 6 nitrogen and oxygen atoms in total. The smallest absolute Gasteiger partial charge is 0.306 e. The van der Waals surface area contributed by atoms with Crippen LogP contribution in [0.25, 0.3) is 0 Å². The average Bonchev–Trinajstić information content (AvgIpc) is 3.43. The highest BCUT2D eigenvalue weighted by Gasteiger charge is 2.19. The van der Waals surface area contributed by atoms with Gasteiger partial charge >= 0.3 is 17.9 Å². The fourth-order valence-electron chi connectivity index (χ4n) is 9.44. The van der Waals surface area contributed by atoms with Crippen LogP contribution in [0.4, 0.5) is 0 Å². The van der Waals surface area contributed by atoms with E-state index in [1.807, 2.05) is 0 Å². The molecule has 77 heavy (non-hydrogen) atoms. The lowest BCUT2D eigenvalue weighted by atomic mass is 10.0. The predicted molar refractivity (Wildman–Crippen MR) is 334 cm³/mol. The Morgan fingerprint density at radius 3 is 0.818 bits per heavy atom. The van der Waals surface area contributed by atoms with Gasteiger partial charge in [-0.3, -0.25) is 14.4 Å². The van der Waals surface area contributed by atoms with Gasteiger partial charge in [0.05, 0.1) is 0 Å². The van der Waals surface area contributed by atoms with Gasteiger partial charge < -0.3 is 14.2 Å². The van der Waals surface area contributed by atoms with Crippen molar-refractivity contribution in [2.24, 2.45) is 0 Å². The number of hydrogen-bond donors (Lipinski definition) is 0. The van der Waals surface area contributed by atoms with Crippen LogP contribution >= 0.6 is 0 Å². The predicted octanol–water partition coefficient (Wildman–Crippen LogP) is 22.7. The lowest BCUT2D eigenvalue weighted by molar-refractivity contribution is -0.167. The second-order valence-corrected chi connectivity index (χ2v) is 22.0. The Labute approximate surface area is 477 Å². The molecular formula is C71H124O6. The Balaban J connectivity index is 4.35. The van der Waals surface area contributed by atoms with Crippen molar-refractivity contribution in [3.63, 3.8) is 0 Å². The Morgan fingerprint density at radius 1 is 0.273 bits per heavy atom. The number of hydrogen-bond acceptors (Lipinski definition) is 6. The third-order valence-corrected chi connectivity index (χ3v) is 14.4.